The van der Waals surface area contributed by atoms with Crippen molar-refractivity contribution in [3.05, 3.63) is 52.5 Å². The van der Waals surface area contributed by atoms with Gasteiger partial charge in [-0.1, -0.05) is 29.9 Å². The average Bonchev–Trinajstić information content (AvgIpc) is 3.18. The Morgan fingerprint density at radius 2 is 1.75 bits per heavy atom. The van der Waals surface area contributed by atoms with E-state index in [9.17, 15) is 13.2 Å². The first-order chi connectivity index (χ1) is 14.6. The summed E-state index contributed by atoms with van der Waals surface area (Å²) in [6.45, 7) is 4.84. The van der Waals surface area contributed by atoms with Crippen LogP contribution in [0.15, 0.2) is 41.3 Å². The highest BCUT2D eigenvalue weighted by molar-refractivity contribution is 7.91. The van der Waals surface area contributed by atoms with E-state index in [-0.39, 0.29) is 29.0 Å². The van der Waals surface area contributed by atoms with Crippen molar-refractivity contribution in [2.45, 2.75) is 25.2 Å². The van der Waals surface area contributed by atoms with Crippen molar-refractivity contribution in [3.63, 3.8) is 0 Å². The molecule has 10 heteroatoms. The molecule has 0 unspecified atom stereocenters. The van der Waals surface area contributed by atoms with Crippen LogP contribution in [-0.4, -0.2) is 57.1 Å². The Hall–Kier alpha value is -1.71. The van der Waals surface area contributed by atoms with E-state index < -0.39 is 9.84 Å². The molecule has 3 rings (SSSR count). The lowest BCUT2D eigenvalue weighted by Crippen LogP contribution is -2.33. The molecule has 0 aliphatic heterocycles. The fourth-order valence-electron chi connectivity index (χ4n) is 3.16. The minimum Gasteiger partial charge on any atom is -0.309 e. The second kappa shape index (κ2) is 10.9. The number of hydrogen-bond acceptors (Lipinski definition) is 6. The third-order valence-corrected chi connectivity index (χ3v) is 8.24. The Kier molecular flexibility index (Phi) is 9.07. The van der Waals surface area contributed by atoms with Crippen LogP contribution in [0.4, 0.5) is 5.13 Å². The summed E-state index contributed by atoms with van der Waals surface area (Å²) < 4.78 is 25.1. The molecule has 0 fully saturated rings. The number of thiazole rings is 1. The minimum absolute atomic E-state index is 0. The van der Waals surface area contributed by atoms with E-state index in [0.717, 1.165) is 28.7 Å². The summed E-state index contributed by atoms with van der Waals surface area (Å²) in [7, 11) is 0.660. The second-order valence-corrected chi connectivity index (χ2v) is 11.3. The number of aromatic nitrogens is 1. The van der Waals surface area contributed by atoms with Gasteiger partial charge in [-0.05, 0) is 75.9 Å². The maximum absolute atomic E-state index is 13.4. The Labute approximate surface area is 204 Å². The standard InChI is InChI=1S/C22H26ClN3O3S2.ClH/c1-5-31(28,29)17-9-7-16(8-10-17)21(27)26(14-6-13-25(3)4)22-24-20-15(2)18(23)11-12-19(20)30-22;/h7-12H,5-6,13-14H2,1-4H3;1H. The second-order valence-electron chi connectivity index (χ2n) is 7.56. The maximum atomic E-state index is 13.4. The van der Waals surface area contributed by atoms with E-state index in [1.165, 1.54) is 23.5 Å². The lowest BCUT2D eigenvalue weighted by atomic mass is 10.2. The largest absolute Gasteiger partial charge is 0.309 e. The molecule has 1 amide bonds. The molecule has 6 nitrogen and oxygen atoms in total. The first-order valence-corrected chi connectivity index (χ1v) is 12.8. The lowest BCUT2D eigenvalue weighted by Gasteiger charge is -2.21. The molecular formula is C22H27Cl2N3O3S2. The highest BCUT2D eigenvalue weighted by atomic mass is 35.5. The zero-order chi connectivity index (χ0) is 22.8. The van der Waals surface area contributed by atoms with E-state index in [2.05, 4.69) is 4.90 Å². The van der Waals surface area contributed by atoms with Gasteiger partial charge in [-0.25, -0.2) is 13.4 Å². The Morgan fingerprint density at radius 1 is 1.09 bits per heavy atom. The predicted octanol–water partition coefficient (Wildman–Crippen LogP) is 5.07. The number of amides is 1. The molecule has 0 aliphatic carbocycles. The van der Waals surface area contributed by atoms with Gasteiger partial charge in [-0.3, -0.25) is 9.69 Å². The van der Waals surface area contributed by atoms with E-state index in [4.69, 9.17) is 16.6 Å². The third kappa shape index (κ3) is 5.80. The molecule has 0 atom stereocenters. The van der Waals surface area contributed by atoms with Gasteiger partial charge in [0.2, 0.25) is 0 Å². The summed E-state index contributed by atoms with van der Waals surface area (Å²) in [6, 6.07) is 9.88. The number of halogens is 2. The van der Waals surface area contributed by atoms with Crippen LogP contribution in [0.5, 0.6) is 0 Å². The average molecular weight is 517 g/mol. The number of fused-ring (bicyclic) bond motifs is 1. The normalized spacial score (nSPS) is 11.6. The van der Waals surface area contributed by atoms with Crippen molar-refractivity contribution in [2.75, 3.05) is 37.8 Å². The van der Waals surface area contributed by atoms with Gasteiger partial charge in [0.1, 0.15) is 0 Å². The summed E-state index contributed by atoms with van der Waals surface area (Å²) in [5, 5.41) is 1.25. The fourth-order valence-corrected chi connectivity index (χ4v) is 5.25. The van der Waals surface area contributed by atoms with Crippen LogP contribution in [-0.2, 0) is 9.84 Å². The van der Waals surface area contributed by atoms with Gasteiger partial charge in [0.05, 0.1) is 20.9 Å². The van der Waals surface area contributed by atoms with E-state index in [0.29, 0.717) is 22.3 Å². The highest BCUT2D eigenvalue weighted by Crippen LogP contribution is 2.34. The molecule has 0 aliphatic rings. The molecule has 0 bridgehead atoms. The Bertz CT molecular complexity index is 1190. The summed E-state index contributed by atoms with van der Waals surface area (Å²) in [5.41, 5.74) is 2.10. The minimum atomic E-state index is -3.32. The predicted molar refractivity (Wildman–Crippen MR) is 136 cm³/mol. The fraction of sp³-hybridized carbons (Fsp3) is 0.364. The molecule has 0 spiro atoms. The Morgan fingerprint density at radius 3 is 2.34 bits per heavy atom. The van der Waals surface area contributed by atoms with Crippen LogP contribution in [0.2, 0.25) is 5.02 Å². The van der Waals surface area contributed by atoms with Gasteiger partial charge in [-0.2, -0.15) is 0 Å². The topological polar surface area (TPSA) is 70.6 Å². The molecule has 32 heavy (non-hydrogen) atoms. The van der Waals surface area contributed by atoms with Crippen molar-refractivity contribution in [1.29, 1.82) is 0 Å². The first-order valence-electron chi connectivity index (χ1n) is 9.99. The number of benzene rings is 2. The summed E-state index contributed by atoms with van der Waals surface area (Å²) >= 11 is 7.69. The van der Waals surface area contributed by atoms with Gasteiger partial charge in [0, 0.05) is 17.1 Å². The van der Waals surface area contributed by atoms with Crippen molar-refractivity contribution in [1.82, 2.24) is 9.88 Å². The molecule has 3 aromatic rings. The van der Waals surface area contributed by atoms with E-state index in [1.807, 2.05) is 33.2 Å². The molecule has 0 saturated heterocycles. The molecule has 0 N–H and O–H groups in total. The monoisotopic (exact) mass is 515 g/mol. The zero-order valence-electron chi connectivity index (χ0n) is 18.5. The Balaban J connectivity index is 0.00000363. The number of carbonyl (C=O) groups is 1. The van der Waals surface area contributed by atoms with Crippen LogP contribution in [0.3, 0.4) is 0 Å². The first kappa shape index (κ1) is 26.5. The molecular weight excluding hydrogens is 489 g/mol. The maximum Gasteiger partial charge on any atom is 0.260 e. The highest BCUT2D eigenvalue weighted by Gasteiger charge is 2.23. The quantitative estimate of drug-likeness (QED) is 0.418. The molecule has 0 radical (unpaired) electrons. The third-order valence-electron chi connectivity index (χ3n) is 5.04. The summed E-state index contributed by atoms with van der Waals surface area (Å²) in [6.07, 6.45) is 0.775. The van der Waals surface area contributed by atoms with Crippen molar-refractivity contribution in [3.8, 4) is 0 Å². The zero-order valence-corrected chi connectivity index (χ0v) is 21.7. The molecule has 1 heterocycles. The van der Waals surface area contributed by atoms with Gasteiger partial charge >= 0.3 is 0 Å². The smallest absolute Gasteiger partial charge is 0.260 e. The van der Waals surface area contributed by atoms with Crippen LogP contribution in [0.25, 0.3) is 10.2 Å². The van der Waals surface area contributed by atoms with Crippen LogP contribution in [0.1, 0.15) is 29.3 Å². The number of rotatable bonds is 8. The molecule has 1 aromatic heterocycles. The number of anilines is 1. The lowest BCUT2D eigenvalue weighted by molar-refractivity contribution is 0.0986. The van der Waals surface area contributed by atoms with Crippen molar-refractivity contribution in [2.24, 2.45) is 0 Å². The number of aryl methyl sites for hydroxylation is 1. The van der Waals surface area contributed by atoms with Gasteiger partial charge in [0.25, 0.3) is 5.91 Å². The van der Waals surface area contributed by atoms with E-state index >= 15 is 0 Å². The van der Waals surface area contributed by atoms with Gasteiger partial charge < -0.3 is 4.90 Å². The molecule has 0 saturated carbocycles. The summed E-state index contributed by atoms with van der Waals surface area (Å²) in [4.78, 5) is 22.1. The van der Waals surface area contributed by atoms with Crippen molar-refractivity contribution < 1.29 is 13.2 Å². The van der Waals surface area contributed by atoms with E-state index in [1.54, 1.807) is 24.0 Å². The van der Waals surface area contributed by atoms with Gasteiger partial charge in [-0.15, -0.1) is 12.4 Å². The number of hydrogen-bond donors (Lipinski definition) is 0. The van der Waals surface area contributed by atoms with Crippen LogP contribution in [0, 0.1) is 6.92 Å². The number of carbonyl (C=O) groups excluding carboxylic acids is 1. The molecule has 2 aromatic carbocycles. The van der Waals surface area contributed by atoms with Crippen molar-refractivity contribution >= 4 is 66.4 Å². The number of sulfone groups is 1. The number of nitrogens with zero attached hydrogens (tertiary/aromatic N) is 3. The summed E-state index contributed by atoms with van der Waals surface area (Å²) in [5.74, 6) is -0.188. The van der Waals surface area contributed by atoms with Crippen LogP contribution < -0.4 is 4.90 Å². The molecule has 174 valence electrons. The SMILES string of the molecule is CCS(=O)(=O)c1ccc(C(=O)N(CCCN(C)C)c2nc3c(C)c(Cl)ccc3s2)cc1.Cl. The van der Waals surface area contributed by atoms with Crippen LogP contribution >= 0.6 is 35.3 Å². The van der Waals surface area contributed by atoms with Gasteiger partial charge in [0.15, 0.2) is 15.0 Å².